The van der Waals surface area contributed by atoms with E-state index in [0.717, 1.165) is 17.7 Å². The number of hydrogen-bond donors (Lipinski definition) is 0. The van der Waals surface area contributed by atoms with Crippen molar-refractivity contribution in [2.75, 3.05) is 24.8 Å². The smallest absolute Gasteiger partial charge is 0.265 e. The van der Waals surface area contributed by atoms with Crippen molar-refractivity contribution < 1.29 is 17.9 Å². The molecule has 144 valence electrons. The number of para-hydroxylation sites is 1. The molecule has 0 saturated heterocycles. The predicted molar refractivity (Wildman–Crippen MR) is 105 cm³/mol. The van der Waals surface area contributed by atoms with Gasteiger partial charge in [-0.05, 0) is 42.7 Å². The first-order valence-electron chi connectivity index (χ1n) is 8.78. The van der Waals surface area contributed by atoms with Crippen LogP contribution in [0.1, 0.15) is 18.1 Å². The summed E-state index contributed by atoms with van der Waals surface area (Å²) in [7, 11) is -1.68. The van der Waals surface area contributed by atoms with Gasteiger partial charge in [-0.3, -0.25) is 4.79 Å². The maximum atomic E-state index is 12.6. The topological polar surface area (TPSA) is 66.9 Å². The monoisotopic (exact) mass is 388 g/mol. The van der Waals surface area contributed by atoms with Gasteiger partial charge in [0.2, 0.25) is 10.0 Å². The summed E-state index contributed by atoms with van der Waals surface area (Å²) < 4.78 is 29.9. The van der Waals surface area contributed by atoms with E-state index in [1.54, 1.807) is 29.2 Å². The molecule has 0 bridgehead atoms. The van der Waals surface area contributed by atoms with E-state index >= 15 is 0 Å². The minimum absolute atomic E-state index is 0.0404. The molecule has 0 aliphatic carbocycles. The number of nitrogens with zero attached hydrogens (tertiary/aromatic N) is 2. The summed E-state index contributed by atoms with van der Waals surface area (Å²) in [5.74, 6) is 0.502. The average Bonchev–Trinajstić information content (AvgIpc) is 2.96. The van der Waals surface area contributed by atoms with Crippen molar-refractivity contribution in [3.8, 4) is 5.75 Å². The molecule has 0 aromatic heterocycles. The highest BCUT2D eigenvalue weighted by molar-refractivity contribution is 7.88. The van der Waals surface area contributed by atoms with Crippen LogP contribution in [0.25, 0.3) is 0 Å². The molecule has 0 radical (unpaired) electrons. The highest BCUT2D eigenvalue weighted by Crippen LogP contribution is 2.31. The summed E-state index contributed by atoms with van der Waals surface area (Å²) >= 11 is 0. The van der Waals surface area contributed by atoms with E-state index in [2.05, 4.69) is 0 Å². The van der Waals surface area contributed by atoms with Gasteiger partial charge in [-0.1, -0.05) is 30.3 Å². The average molecular weight is 388 g/mol. The highest BCUT2D eigenvalue weighted by atomic mass is 32.2. The Morgan fingerprint density at radius 3 is 2.52 bits per heavy atom. The highest BCUT2D eigenvalue weighted by Gasteiger charge is 2.30. The van der Waals surface area contributed by atoms with E-state index in [1.165, 1.54) is 23.2 Å². The summed E-state index contributed by atoms with van der Waals surface area (Å²) in [5.41, 5.74) is 2.99. The lowest BCUT2D eigenvalue weighted by atomic mass is 10.1. The fraction of sp³-hybridized carbons (Fsp3) is 0.350. The van der Waals surface area contributed by atoms with Crippen molar-refractivity contribution in [1.82, 2.24) is 4.31 Å². The maximum Gasteiger partial charge on any atom is 0.265 e. The predicted octanol–water partition coefficient (Wildman–Crippen LogP) is 2.43. The number of sulfonamides is 1. The van der Waals surface area contributed by atoms with Crippen molar-refractivity contribution >= 4 is 21.6 Å². The minimum Gasteiger partial charge on any atom is -0.484 e. The lowest BCUT2D eigenvalue weighted by molar-refractivity contribution is -0.120. The third-order valence-corrected chi connectivity index (χ3v) is 5.99. The lowest BCUT2D eigenvalue weighted by Crippen LogP contribution is -2.39. The summed E-state index contributed by atoms with van der Waals surface area (Å²) in [6.07, 6.45) is 2.03. The Morgan fingerprint density at radius 2 is 1.85 bits per heavy atom. The van der Waals surface area contributed by atoms with Gasteiger partial charge in [0.05, 0.1) is 6.26 Å². The molecule has 0 fully saturated rings. The molecule has 0 N–H and O–H groups in total. The lowest BCUT2D eigenvalue weighted by Gasteiger charge is -2.22. The quantitative estimate of drug-likeness (QED) is 0.762. The van der Waals surface area contributed by atoms with Crippen LogP contribution < -0.4 is 9.64 Å². The number of hydrogen-bond acceptors (Lipinski definition) is 4. The van der Waals surface area contributed by atoms with Gasteiger partial charge in [-0.15, -0.1) is 0 Å². The maximum absolute atomic E-state index is 12.6. The number of rotatable bonds is 6. The Labute approximate surface area is 160 Å². The number of fused-ring (bicyclic) bond motifs is 1. The van der Waals surface area contributed by atoms with Crippen LogP contribution in [0.5, 0.6) is 5.75 Å². The van der Waals surface area contributed by atoms with E-state index in [4.69, 9.17) is 4.74 Å². The second kappa shape index (κ2) is 7.70. The zero-order chi connectivity index (χ0) is 19.6. The molecule has 6 nitrogen and oxygen atoms in total. The van der Waals surface area contributed by atoms with Gasteiger partial charge in [-0.2, -0.15) is 0 Å². The van der Waals surface area contributed by atoms with Gasteiger partial charge >= 0.3 is 0 Å². The minimum atomic E-state index is -3.22. The summed E-state index contributed by atoms with van der Waals surface area (Å²) in [6.45, 7) is 2.28. The van der Waals surface area contributed by atoms with Gasteiger partial charge < -0.3 is 9.64 Å². The van der Waals surface area contributed by atoms with E-state index in [0.29, 0.717) is 12.3 Å². The van der Waals surface area contributed by atoms with Crippen molar-refractivity contribution in [3.05, 3.63) is 59.7 Å². The van der Waals surface area contributed by atoms with Gasteiger partial charge in [0.25, 0.3) is 5.91 Å². The summed E-state index contributed by atoms with van der Waals surface area (Å²) in [4.78, 5) is 14.4. The van der Waals surface area contributed by atoms with Crippen LogP contribution >= 0.6 is 0 Å². The number of ether oxygens (including phenoxy) is 1. The molecule has 2 aromatic rings. The number of amides is 1. The summed E-state index contributed by atoms with van der Waals surface area (Å²) in [5, 5.41) is 0. The number of anilines is 1. The fourth-order valence-electron chi connectivity index (χ4n) is 3.23. The Balaban J connectivity index is 1.60. The van der Waals surface area contributed by atoms with Gasteiger partial charge in [0, 0.05) is 25.3 Å². The van der Waals surface area contributed by atoms with Crippen molar-refractivity contribution in [3.63, 3.8) is 0 Å². The van der Waals surface area contributed by atoms with Crippen LogP contribution in [-0.2, 0) is 27.8 Å². The Hall–Kier alpha value is -2.38. The zero-order valence-electron chi connectivity index (χ0n) is 15.8. The Bertz CT molecular complexity index is 925. The molecular formula is C20H24N2O4S. The van der Waals surface area contributed by atoms with Crippen molar-refractivity contribution in [1.29, 1.82) is 0 Å². The third-order valence-electron chi connectivity index (χ3n) is 4.73. The molecule has 1 atom stereocenters. The van der Waals surface area contributed by atoms with Crippen LogP contribution in [0.3, 0.4) is 0 Å². The Morgan fingerprint density at radius 1 is 1.19 bits per heavy atom. The Kier molecular flexibility index (Phi) is 5.53. The fourth-order valence-corrected chi connectivity index (χ4v) is 3.61. The number of carbonyl (C=O) groups is 1. The molecule has 1 heterocycles. The largest absolute Gasteiger partial charge is 0.484 e. The van der Waals surface area contributed by atoms with Crippen molar-refractivity contribution in [2.45, 2.75) is 25.9 Å². The van der Waals surface area contributed by atoms with Gasteiger partial charge in [0.1, 0.15) is 5.75 Å². The SMILES string of the molecule is C[C@H]1Cc2ccccc2N1C(=O)COc1ccc(CN(C)S(C)(=O)=O)cc1. The molecule has 0 spiro atoms. The standard InChI is InChI=1S/C20H24N2O4S/c1-15-12-17-6-4-5-7-19(17)22(15)20(23)14-26-18-10-8-16(9-11-18)13-21(2)27(3,24)25/h4-11,15H,12-14H2,1-3H3/t15-/m0/s1. The second-order valence-corrected chi connectivity index (χ2v) is 8.99. The van der Waals surface area contributed by atoms with Crippen LogP contribution in [0.4, 0.5) is 5.69 Å². The molecule has 0 unspecified atom stereocenters. The van der Waals surface area contributed by atoms with Crippen LogP contribution in [0, 0.1) is 0 Å². The molecule has 3 rings (SSSR count). The zero-order valence-corrected chi connectivity index (χ0v) is 16.6. The normalized spacial score (nSPS) is 16.4. The molecule has 7 heteroatoms. The number of carbonyl (C=O) groups excluding carboxylic acids is 1. The molecule has 1 aliphatic rings. The van der Waals surface area contributed by atoms with Crippen molar-refractivity contribution in [2.24, 2.45) is 0 Å². The first-order chi connectivity index (χ1) is 12.8. The molecule has 2 aromatic carbocycles. The van der Waals surface area contributed by atoms with Crippen LogP contribution in [-0.4, -0.2) is 44.6 Å². The molecule has 1 amide bonds. The van der Waals surface area contributed by atoms with E-state index in [1.807, 2.05) is 31.2 Å². The molecule has 1 aliphatic heterocycles. The molecular weight excluding hydrogens is 364 g/mol. The van der Waals surface area contributed by atoms with E-state index in [-0.39, 0.29) is 18.6 Å². The molecule has 0 saturated carbocycles. The first kappa shape index (κ1) is 19.4. The van der Waals surface area contributed by atoms with E-state index in [9.17, 15) is 13.2 Å². The van der Waals surface area contributed by atoms with Crippen LogP contribution in [0.15, 0.2) is 48.5 Å². The van der Waals surface area contributed by atoms with Crippen LogP contribution in [0.2, 0.25) is 0 Å². The second-order valence-electron chi connectivity index (χ2n) is 6.90. The summed E-state index contributed by atoms with van der Waals surface area (Å²) in [6, 6.07) is 15.1. The third kappa shape index (κ3) is 4.48. The van der Waals surface area contributed by atoms with Gasteiger partial charge in [-0.25, -0.2) is 12.7 Å². The molecule has 27 heavy (non-hydrogen) atoms. The first-order valence-corrected chi connectivity index (χ1v) is 10.6. The van der Waals surface area contributed by atoms with Gasteiger partial charge in [0.15, 0.2) is 6.61 Å². The number of benzene rings is 2. The van der Waals surface area contributed by atoms with E-state index < -0.39 is 10.0 Å².